The predicted molar refractivity (Wildman–Crippen MR) is 136 cm³/mol. The van der Waals surface area contributed by atoms with Gasteiger partial charge >= 0.3 is 6.09 Å². The molecule has 1 heterocycles. The minimum absolute atomic E-state index is 0.169. The molecule has 1 aliphatic heterocycles. The first-order valence-electron chi connectivity index (χ1n) is 11.6. The van der Waals surface area contributed by atoms with Gasteiger partial charge in [0.1, 0.15) is 11.4 Å². The van der Waals surface area contributed by atoms with Gasteiger partial charge in [0.2, 0.25) is 0 Å². The highest BCUT2D eigenvalue weighted by molar-refractivity contribution is 9.10. The minimum atomic E-state index is -0.610. The fourth-order valence-electron chi connectivity index (χ4n) is 3.92. The van der Waals surface area contributed by atoms with E-state index < -0.39 is 17.7 Å². The second kappa shape index (κ2) is 11.7. The van der Waals surface area contributed by atoms with Crippen molar-refractivity contribution in [3.05, 3.63) is 63.6 Å². The second-order valence-corrected chi connectivity index (χ2v) is 10.4. The van der Waals surface area contributed by atoms with Gasteiger partial charge in [-0.15, -0.1) is 0 Å². The maximum absolute atomic E-state index is 13.3. The molecule has 1 fully saturated rings. The fourth-order valence-corrected chi connectivity index (χ4v) is 4.46. The van der Waals surface area contributed by atoms with Crippen LogP contribution < -0.4 is 15.4 Å². The number of nitrogens with one attached hydrogen (secondary N) is 2. The number of carbonyl (C=O) groups excluding carboxylic acids is 2. The lowest BCUT2D eigenvalue weighted by Gasteiger charge is -2.23. The Bertz CT molecular complexity index is 1000. The zero-order valence-electron chi connectivity index (χ0n) is 20.3. The molecule has 7 nitrogen and oxygen atoms in total. The molecular formula is C26H34BrN3O4. The highest BCUT2D eigenvalue weighted by Gasteiger charge is 2.21. The maximum atomic E-state index is 13.3. The molecule has 0 radical (unpaired) electrons. The van der Waals surface area contributed by atoms with E-state index in [0.29, 0.717) is 11.3 Å². The van der Waals surface area contributed by atoms with Gasteiger partial charge in [0.15, 0.2) is 0 Å². The number of alkyl carbamates (subject to hydrolysis) is 1. The van der Waals surface area contributed by atoms with Crippen LogP contribution in [0.15, 0.2) is 46.9 Å². The highest BCUT2D eigenvalue weighted by atomic mass is 79.9. The molecule has 0 aliphatic carbocycles. The summed E-state index contributed by atoms with van der Waals surface area (Å²) in [7, 11) is 1.59. The number of halogens is 1. The molecule has 184 valence electrons. The van der Waals surface area contributed by atoms with E-state index in [2.05, 4.69) is 37.5 Å². The standard InChI is InChI=1S/C26H34BrN3O4/c1-26(2,3)34-25(32)28-16-23(19-8-7-9-22(15-19)33-4)29-24(31)20-12-18(13-21(27)14-20)17-30-10-5-6-11-30/h7-9,12-15,23H,5-6,10-11,16-17H2,1-4H3,(H,28,32)(H,29,31). The van der Waals surface area contributed by atoms with Crippen LogP contribution in [0.2, 0.25) is 0 Å². The quantitative estimate of drug-likeness (QED) is 0.498. The number of hydrogen-bond acceptors (Lipinski definition) is 5. The van der Waals surface area contributed by atoms with E-state index in [9.17, 15) is 9.59 Å². The third-order valence-electron chi connectivity index (χ3n) is 5.48. The van der Waals surface area contributed by atoms with Crippen LogP contribution in [0.1, 0.15) is 61.1 Å². The lowest BCUT2D eigenvalue weighted by molar-refractivity contribution is 0.0520. The molecule has 0 spiro atoms. The zero-order valence-corrected chi connectivity index (χ0v) is 21.9. The molecule has 1 saturated heterocycles. The number of amides is 2. The van der Waals surface area contributed by atoms with E-state index in [4.69, 9.17) is 9.47 Å². The van der Waals surface area contributed by atoms with Crippen molar-refractivity contribution in [2.24, 2.45) is 0 Å². The Labute approximate surface area is 210 Å². The van der Waals surface area contributed by atoms with Crippen molar-refractivity contribution >= 4 is 27.9 Å². The summed E-state index contributed by atoms with van der Waals surface area (Å²) in [5.41, 5.74) is 1.86. The van der Waals surface area contributed by atoms with Crippen LogP contribution in [0.5, 0.6) is 5.75 Å². The summed E-state index contributed by atoms with van der Waals surface area (Å²) < 4.78 is 11.6. The van der Waals surface area contributed by atoms with E-state index in [1.807, 2.05) is 36.4 Å². The summed E-state index contributed by atoms with van der Waals surface area (Å²) in [6, 6.07) is 12.8. The van der Waals surface area contributed by atoms with Crippen molar-refractivity contribution in [1.29, 1.82) is 0 Å². The van der Waals surface area contributed by atoms with Crippen molar-refractivity contribution in [3.63, 3.8) is 0 Å². The molecule has 1 unspecified atom stereocenters. The first kappa shape index (κ1) is 26.0. The van der Waals surface area contributed by atoms with Crippen LogP contribution in [0.4, 0.5) is 4.79 Å². The Morgan fingerprint density at radius 2 is 1.85 bits per heavy atom. The van der Waals surface area contributed by atoms with Gasteiger partial charge in [0.05, 0.1) is 13.2 Å². The maximum Gasteiger partial charge on any atom is 0.407 e. The molecule has 2 aromatic rings. The Kier molecular flexibility index (Phi) is 8.97. The largest absolute Gasteiger partial charge is 0.497 e. The molecule has 2 amide bonds. The van der Waals surface area contributed by atoms with Crippen molar-refractivity contribution in [2.75, 3.05) is 26.7 Å². The smallest absolute Gasteiger partial charge is 0.407 e. The van der Waals surface area contributed by atoms with Crippen molar-refractivity contribution in [1.82, 2.24) is 15.5 Å². The van der Waals surface area contributed by atoms with Gasteiger partial charge in [-0.05, 0) is 88.2 Å². The first-order chi connectivity index (χ1) is 16.1. The van der Waals surface area contributed by atoms with Gasteiger partial charge < -0.3 is 20.1 Å². The normalized spacial score (nSPS) is 15.0. The average Bonchev–Trinajstić information content (AvgIpc) is 3.28. The number of rotatable bonds is 8. The molecule has 1 aliphatic rings. The van der Waals surface area contributed by atoms with Crippen LogP contribution in [-0.2, 0) is 11.3 Å². The highest BCUT2D eigenvalue weighted by Crippen LogP contribution is 2.22. The van der Waals surface area contributed by atoms with Crippen molar-refractivity contribution in [3.8, 4) is 5.75 Å². The molecule has 2 aromatic carbocycles. The summed E-state index contributed by atoms with van der Waals surface area (Å²) in [5, 5.41) is 5.84. The van der Waals surface area contributed by atoms with Crippen LogP contribution in [0.25, 0.3) is 0 Å². The number of hydrogen-bond donors (Lipinski definition) is 2. The third kappa shape index (κ3) is 8.02. The molecule has 1 atom stereocenters. The molecule has 2 N–H and O–H groups in total. The monoisotopic (exact) mass is 531 g/mol. The zero-order chi connectivity index (χ0) is 24.7. The third-order valence-corrected chi connectivity index (χ3v) is 5.93. The Balaban J connectivity index is 1.77. The van der Waals surface area contributed by atoms with Crippen molar-refractivity contribution in [2.45, 2.75) is 51.8 Å². The minimum Gasteiger partial charge on any atom is -0.497 e. The molecule has 3 rings (SSSR count). The molecule has 0 saturated carbocycles. The number of benzene rings is 2. The summed E-state index contributed by atoms with van der Waals surface area (Å²) in [4.78, 5) is 27.9. The first-order valence-corrected chi connectivity index (χ1v) is 12.4. The van der Waals surface area contributed by atoms with E-state index in [1.54, 1.807) is 27.9 Å². The Morgan fingerprint density at radius 1 is 1.12 bits per heavy atom. The molecule has 34 heavy (non-hydrogen) atoms. The molecule has 0 aromatic heterocycles. The molecular weight excluding hydrogens is 498 g/mol. The van der Waals surface area contributed by atoms with E-state index in [0.717, 1.165) is 35.2 Å². The number of nitrogens with zero attached hydrogens (tertiary/aromatic N) is 1. The van der Waals surface area contributed by atoms with Gasteiger partial charge in [0, 0.05) is 23.1 Å². The van der Waals surface area contributed by atoms with E-state index in [1.165, 1.54) is 12.8 Å². The Morgan fingerprint density at radius 3 is 2.53 bits per heavy atom. The summed E-state index contributed by atoms with van der Waals surface area (Å²) >= 11 is 3.55. The van der Waals surface area contributed by atoms with Gasteiger partial charge in [-0.3, -0.25) is 9.69 Å². The number of methoxy groups -OCH3 is 1. The van der Waals surface area contributed by atoms with Gasteiger partial charge in [-0.2, -0.15) is 0 Å². The van der Waals surface area contributed by atoms with Crippen LogP contribution in [0.3, 0.4) is 0 Å². The topological polar surface area (TPSA) is 79.9 Å². The average molecular weight is 532 g/mol. The molecule has 8 heteroatoms. The van der Waals surface area contributed by atoms with Gasteiger partial charge in [0.25, 0.3) is 5.91 Å². The van der Waals surface area contributed by atoms with Gasteiger partial charge in [-0.1, -0.05) is 28.1 Å². The predicted octanol–water partition coefficient (Wildman–Crippen LogP) is 5.05. The lowest BCUT2D eigenvalue weighted by Crippen LogP contribution is -2.40. The van der Waals surface area contributed by atoms with Gasteiger partial charge in [-0.25, -0.2) is 4.79 Å². The van der Waals surface area contributed by atoms with E-state index >= 15 is 0 Å². The summed E-state index contributed by atoms with van der Waals surface area (Å²) in [6.07, 6.45) is 1.90. The number of carbonyl (C=O) groups is 2. The fraction of sp³-hybridized carbons (Fsp3) is 0.462. The summed E-state index contributed by atoms with van der Waals surface area (Å²) in [5.74, 6) is 0.451. The Hall–Kier alpha value is -2.58. The van der Waals surface area contributed by atoms with Crippen LogP contribution in [-0.4, -0.2) is 49.2 Å². The van der Waals surface area contributed by atoms with Crippen LogP contribution in [0, 0.1) is 0 Å². The SMILES string of the molecule is COc1cccc(C(CNC(=O)OC(C)(C)C)NC(=O)c2cc(Br)cc(CN3CCCC3)c2)c1. The van der Waals surface area contributed by atoms with Crippen LogP contribution >= 0.6 is 15.9 Å². The second-order valence-electron chi connectivity index (χ2n) is 9.52. The van der Waals surface area contributed by atoms with Crippen molar-refractivity contribution < 1.29 is 19.1 Å². The molecule has 0 bridgehead atoms. The number of likely N-dealkylation sites (tertiary alicyclic amines) is 1. The number of ether oxygens (including phenoxy) is 2. The lowest BCUT2D eigenvalue weighted by atomic mass is 10.0. The summed E-state index contributed by atoms with van der Waals surface area (Å²) in [6.45, 7) is 8.58. The van der Waals surface area contributed by atoms with E-state index in [-0.39, 0.29) is 12.5 Å².